The monoisotopic (exact) mass is 448 g/mol. The number of ether oxygens (including phenoxy) is 2. The third-order valence-corrected chi connectivity index (χ3v) is 6.57. The summed E-state index contributed by atoms with van der Waals surface area (Å²) in [7, 11) is 0.803. The van der Waals surface area contributed by atoms with Crippen LogP contribution in [0.15, 0.2) is 41.3 Å². The highest BCUT2D eigenvalue weighted by molar-refractivity contribution is 7.89. The van der Waals surface area contributed by atoms with Crippen LogP contribution in [0.4, 0.5) is 5.69 Å². The third kappa shape index (κ3) is 5.83. The van der Waals surface area contributed by atoms with Crippen molar-refractivity contribution in [3.05, 3.63) is 53.1 Å². The maximum absolute atomic E-state index is 12.5. The van der Waals surface area contributed by atoms with Gasteiger partial charge >= 0.3 is 5.97 Å². The molecule has 9 heteroatoms. The lowest BCUT2D eigenvalue weighted by Gasteiger charge is -2.15. The summed E-state index contributed by atoms with van der Waals surface area (Å²) < 4.78 is 36.3. The molecule has 0 bridgehead atoms. The zero-order valence-corrected chi connectivity index (χ0v) is 19.2. The van der Waals surface area contributed by atoms with E-state index in [4.69, 9.17) is 9.47 Å². The molecule has 0 aliphatic carbocycles. The third-order valence-electron chi connectivity index (χ3n) is 4.76. The Hall–Kier alpha value is -2.91. The van der Waals surface area contributed by atoms with E-state index in [1.54, 1.807) is 38.1 Å². The van der Waals surface area contributed by atoms with Crippen LogP contribution in [0.1, 0.15) is 34.8 Å². The van der Waals surface area contributed by atoms with Crippen LogP contribution in [0.2, 0.25) is 0 Å². The van der Waals surface area contributed by atoms with Crippen LogP contribution < -0.4 is 10.1 Å². The second-order valence-electron chi connectivity index (χ2n) is 7.01. The predicted molar refractivity (Wildman–Crippen MR) is 118 cm³/mol. The number of aryl methyl sites for hydroxylation is 1. The van der Waals surface area contributed by atoms with Crippen molar-refractivity contribution < 1.29 is 27.5 Å². The highest BCUT2D eigenvalue weighted by atomic mass is 32.2. The van der Waals surface area contributed by atoms with Crippen LogP contribution in [0.5, 0.6) is 5.75 Å². The van der Waals surface area contributed by atoms with Gasteiger partial charge in [-0.2, -0.15) is 0 Å². The first-order chi connectivity index (χ1) is 14.6. The molecule has 0 aliphatic rings. The number of carbonyl (C=O) groups is 2. The molecule has 1 N–H and O–H groups in total. The lowest BCUT2D eigenvalue weighted by atomic mass is 10.1. The SMILES string of the molecule is CCOC(=O)c1cccc(NC(=O)CCc2cc(S(=O)(=O)N(C)C)ccc2OC)c1C. The standard InChI is InChI=1S/C22H28N2O6S/c1-6-30-22(26)18-8-7-9-19(15(18)2)23-21(25)13-10-16-14-17(11-12-20(16)29-5)31(27,28)24(3)4/h7-9,11-12,14H,6,10,13H2,1-5H3,(H,23,25). The molecule has 2 aromatic rings. The van der Waals surface area contributed by atoms with Gasteiger partial charge in [-0.15, -0.1) is 0 Å². The molecule has 0 saturated heterocycles. The molecule has 0 unspecified atom stereocenters. The summed E-state index contributed by atoms with van der Waals surface area (Å²) in [4.78, 5) is 24.7. The van der Waals surface area contributed by atoms with Crippen LogP contribution in [-0.2, 0) is 26.0 Å². The molecule has 0 aliphatic heterocycles. The number of amides is 1. The molecule has 2 rings (SSSR count). The summed E-state index contributed by atoms with van der Waals surface area (Å²) in [6, 6.07) is 9.60. The van der Waals surface area contributed by atoms with Crippen LogP contribution in [-0.4, -0.2) is 52.4 Å². The molecular weight excluding hydrogens is 420 g/mol. The average Bonchev–Trinajstić information content (AvgIpc) is 2.73. The number of rotatable bonds is 9. The van der Waals surface area contributed by atoms with E-state index in [9.17, 15) is 18.0 Å². The second-order valence-corrected chi connectivity index (χ2v) is 9.16. The van der Waals surface area contributed by atoms with Crippen LogP contribution >= 0.6 is 0 Å². The lowest BCUT2D eigenvalue weighted by molar-refractivity contribution is -0.116. The number of anilines is 1. The van der Waals surface area contributed by atoms with Gasteiger partial charge in [0.15, 0.2) is 0 Å². The molecule has 0 heterocycles. The highest BCUT2D eigenvalue weighted by Gasteiger charge is 2.20. The minimum atomic E-state index is -3.60. The van der Waals surface area contributed by atoms with Crippen molar-refractivity contribution in [2.24, 2.45) is 0 Å². The molecule has 0 aromatic heterocycles. The molecule has 8 nitrogen and oxygen atoms in total. The first kappa shape index (κ1) is 24.4. The van der Waals surface area contributed by atoms with Gasteiger partial charge in [0.2, 0.25) is 15.9 Å². The number of nitrogens with zero attached hydrogens (tertiary/aromatic N) is 1. The molecule has 1 amide bonds. The Kier molecular flexibility index (Phi) is 8.18. The number of carbonyl (C=O) groups excluding carboxylic acids is 2. The molecular formula is C22H28N2O6S. The van der Waals surface area contributed by atoms with Gasteiger partial charge in [0.25, 0.3) is 0 Å². The first-order valence-corrected chi connectivity index (χ1v) is 11.2. The topological polar surface area (TPSA) is 102 Å². The van der Waals surface area contributed by atoms with Crippen LogP contribution in [0.3, 0.4) is 0 Å². The van der Waals surface area contributed by atoms with E-state index < -0.39 is 16.0 Å². The second kappa shape index (κ2) is 10.4. The Morgan fingerprint density at radius 3 is 2.45 bits per heavy atom. The van der Waals surface area contributed by atoms with Crippen molar-refractivity contribution in [3.8, 4) is 5.75 Å². The highest BCUT2D eigenvalue weighted by Crippen LogP contribution is 2.26. The first-order valence-electron chi connectivity index (χ1n) is 9.77. The lowest BCUT2D eigenvalue weighted by Crippen LogP contribution is -2.22. The Balaban J connectivity index is 2.16. The molecule has 31 heavy (non-hydrogen) atoms. The Morgan fingerprint density at radius 1 is 1.13 bits per heavy atom. The van der Waals surface area contributed by atoms with E-state index in [2.05, 4.69) is 5.32 Å². The van der Waals surface area contributed by atoms with Crippen molar-refractivity contribution >= 4 is 27.6 Å². The summed E-state index contributed by atoms with van der Waals surface area (Å²) in [6.07, 6.45) is 0.382. The van der Waals surface area contributed by atoms with Gasteiger partial charge < -0.3 is 14.8 Å². The summed E-state index contributed by atoms with van der Waals surface area (Å²) in [5, 5.41) is 2.80. The van der Waals surface area contributed by atoms with E-state index in [-0.39, 0.29) is 30.3 Å². The van der Waals surface area contributed by atoms with Crippen LogP contribution in [0, 0.1) is 6.92 Å². The van der Waals surface area contributed by atoms with Gasteiger partial charge in [0.05, 0.1) is 24.2 Å². The Labute approximate surface area is 183 Å². The average molecular weight is 449 g/mol. The molecule has 0 fully saturated rings. The van der Waals surface area contributed by atoms with Crippen molar-refractivity contribution in [2.45, 2.75) is 31.6 Å². The van der Waals surface area contributed by atoms with Gasteiger partial charge in [-0.25, -0.2) is 17.5 Å². The number of methoxy groups -OCH3 is 1. The maximum Gasteiger partial charge on any atom is 0.338 e. The molecule has 168 valence electrons. The van der Waals surface area contributed by atoms with Crippen LogP contribution in [0.25, 0.3) is 0 Å². The van der Waals surface area contributed by atoms with Gasteiger partial charge in [-0.3, -0.25) is 4.79 Å². The van der Waals surface area contributed by atoms with Gasteiger partial charge in [-0.05, 0) is 61.7 Å². The summed E-state index contributed by atoms with van der Waals surface area (Å²) in [6.45, 7) is 3.73. The van der Waals surface area contributed by atoms with Crippen molar-refractivity contribution in [3.63, 3.8) is 0 Å². The molecule has 0 radical (unpaired) electrons. The molecule has 0 atom stereocenters. The zero-order valence-electron chi connectivity index (χ0n) is 18.4. The maximum atomic E-state index is 12.5. The number of hydrogen-bond donors (Lipinski definition) is 1. The summed E-state index contributed by atoms with van der Waals surface area (Å²) in [5.41, 5.74) is 2.14. The number of sulfonamides is 1. The fourth-order valence-electron chi connectivity index (χ4n) is 2.98. The van der Waals surface area contributed by atoms with Crippen molar-refractivity contribution in [1.82, 2.24) is 4.31 Å². The summed E-state index contributed by atoms with van der Waals surface area (Å²) in [5.74, 6) is -0.210. The number of nitrogens with one attached hydrogen (secondary N) is 1. The number of hydrogen-bond acceptors (Lipinski definition) is 6. The molecule has 0 saturated carbocycles. The van der Waals surface area contributed by atoms with E-state index in [1.807, 2.05) is 0 Å². The number of esters is 1. The minimum Gasteiger partial charge on any atom is -0.496 e. The van der Waals surface area contributed by atoms with E-state index in [1.165, 1.54) is 33.3 Å². The minimum absolute atomic E-state index is 0.102. The van der Waals surface area contributed by atoms with Crippen molar-refractivity contribution in [1.29, 1.82) is 0 Å². The van der Waals surface area contributed by atoms with Crippen molar-refractivity contribution in [2.75, 3.05) is 33.1 Å². The fraction of sp³-hybridized carbons (Fsp3) is 0.364. The Bertz CT molecular complexity index is 1060. The Morgan fingerprint density at radius 2 is 1.84 bits per heavy atom. The summed E-state index contributed by atoms with van der Waals surface area (Å²) >= 11 is 0. The number of benzene rings is 2. The van der Waals surface area contributed by atoms with Gasteiger partial charge in [-0.1, -0.05) is 6.07 Å². The van der Waals surface area contributed by atoms with E-state index >= 15 is 0 Å². The predicted octanol–water partition coefficient (Wildman–Crippen LogP) is 3.00. The molecule has 0 spiro atoms. The fourth-order valence-corrected chi connectivity index (χ4v) is 3.94. The smallest absolute Gasteiger partial charge is 0.338 e. The molecule has 2 aromatic carbocycles. The normalized spacial score (nSPS) is 11.3. The quantitative estimate of drug-likeness (QED) is 0.592. The van der Waals surface area contributed by atoms with E-state index in [0.29, 0.717) is 28.1 Å². The van der Waals surface area contributed by atoms with Gasteiger partial charge in [0, 0.05) is 26.2 Å². The van der Waals surface area contributed by atoms with Gasteiger partial charge in [0.1, 0.15) is 5.75 Å². The van der Waals surface area contributed by atoms with E-state index in [0.717, 1.165) is 4.31 Å². The largest absolute Gasteiger partial charge is 0.496 e. The zero-order chi connectivity index (χ0) is 23.2.